The lowest BCUT2D eigenvalue weighted by molar-refractivity contribution is -0.115. The van der Waals surface area contributed by atoms with Crippen LogP contribution in [0.15, 0.2) is 18.2 Å². The van der Waals surface area contributed by atoms with Gasteiger partial charge in [-0.1, -0.05) is 12.1 Å². The van der Waals surface area contributed by atoms with Crippen LogP contribution in [0.2, 0.25) is 0 Å². The van der Waals surface area contributed by atoms with Crippen molar-refractivity contribution in [2.45, 2.75) is 26.3 Å². The fourth-order valence-electron chi connectivity index (χ4n) is 1.95. The lowest BCUT2D eigenvalue weighted by Crippen LogP contribution is -2.27. The van der Waals surface area contributed by atoms with Crippen molar-refractivity contribution in [2.75, 3.05) is 11.9 Å². The Morgan fingerprint density at radius 3 is 3.06 bits per heavy atom. The monoisotopic (exact) mass is 248 g/mol. The number of carbonyl (C=O) groups is 2. The molecular weight excluding hydrogens is 232 g/mol. The highest BCUT2D eigenvalue weighted by molar-refractivity contribution is 5.99. The van der Waals surface area contributed by atoms with Crippen molar-refractivity contribution in [2.24, 2.45) is 0 Å². The third-order valence-corrected chi connectivity index (χ3v) is 2.86. The van der Waals surface area contributed by atoms with Crippen molar-refractivity contribution in [1.29, 1.82) is 0 Å². The van der Waals surface area contributed by atoms with Gasteiger partial charge in [0.1, 0.15) is 0 Å². The van der Waals surface area contributed by atoms with Crippen molar-refractivity contribution in [1.82, 2.24) is 5.32 Å². The Kier molecular flexibility index (Phi) is 3.50. The fourth-order valence-corrected chi connectivity index (χ4v) is 1.95. The number of fused-ring (bicyclic) bond motifs is 1. The van der Waals surface area contributed by atoms with Crippen LogP contribution in [-0.4, -0.2) is 18.6 Å². The first-order chi connectivity index (χ1) is 8.60. The van der Waals surface area contributed by atoms with Gasteiger partial charge in [-0.25, -0.2) is 4.79 Å². The summed E-state index contributed by atoms with van der Waals surface area (Å²) in [5.41, 5.74) is 2.78. The van der Waals surface area contributed by atoms with E-state index < -0.39 is 6.09 Å². The smallest absolute Gasteiger partial charge is 0.407 e. The zero-order chi connectivity index (χ0) is 13.1. The quantitative estimate of drug-likeness (QED) is 0.859. The van der Waals surface area contributed by atoms with E-state index in [1.165, 1.54) is 0 Å². The molecule has 2 rings (SSSR count). The van der Waals surface area contributed by atoms with E-state index in [9.17, 15) is 9.59 Å². The average molecular weight is 248 g/mol. The summed E-state index contributed by atoms with van der Waals surface area (Å²) in [5.74, 6) is 0.00755. The number of carbonyl (C=O) groups excluding carboxylic acids is 2. The van der Waals surface area contributed by atoms with E-state index in [0.29, 0.717) is 13.0 Å². The maximum atomic E-state index is 11.3. The van der Waals surface area contributed by atoms with Gasteiger partial charge in [0.25, 0.3) is 0 Å². The van der Waals surface area contributed by atoms with Crippen LogP contribution in [0, 0.1) is 0 Å². The minimum absolute atomic E-state index is 0.00755. The fraction of sp³-hybridized carbons (Fsp3) is 0.385. The molecule has 0 saturated heterocycles. The van der Waals surface area contributed by atoms with Crippen molar-refractivity contribution in [3.8, 4) is 0 Å². The van der Waals surface area contributed by atoms with E-state index >= 15 is 0 Å². The van der Waals surface area contributed by atoms with Gasteiger partial charge in [0.15, 0.2) is 0 Å². The summed E-state index contributed by atoms with van der Waals surface area (Å²) in [6, 6.07) is 5.54. The molecule has 1 aliphatic heterocycles. The van der Waals surface area contributed by atoms with Gasteiger partial charge in [-0.3, -0.25) is 4.79 Å². The Balaban J connectivity index is 2.08. The molecule has 0 radical (unpaired) electrons. The summed E-state index contributed by atoms with van der Waals surface area (Å²) < 4.78 is 4.83. The van der Waals surface area contributed by atoms with E-state index in [2.05, 4.69) is 10.6 Å². The molecule has 5 nitrogen and oxygen atoms in total. The van der Waals surface area contributed by atoms with Crippen molar-refractivity contribution in [3.05, 3.63) is 29.3 Å². The molecule has 0 aliphatic carbocycles. The predicted molar refractivity (Wildman–Crippen MR) is 67.3 cm³/mol. The SMILES string of the molecule is CCOC(=O)NC(C)c1ccc2c(c1)CC(=O)N2. The molecule has 0 fully saturated rings. The number of anilines is 1. The van der Waals surface area contributed by atoms with Crippen LogP contribution < -0.4 is 10.6 Å². The Labute approximate surface area is 106 Å². The van der Waals surface area contributed by atoms with E-state index in [1.807, 2.05) is 25.1 Å². The Morgan fingerprint density at radius 2 is 2.33 bits per heavy atom. The second kappa shape index (κ2) is 5.08. The number of hydrogen-bond acceptors (Lipinski definition) is 3. The first-order valence-electron chi connectivity index (χ1n) is 5.96. The molecule has 1 aliphatic rings. The second-order valence-electron chi connectivity index (χ2n) is 4.23. The molecule has 0 aromatic heterocycles. The number of benzene rings is 1. The highest BCUT2D eigenvalue weighted by atomic mass is 16.5. The van der Waals surface area contributed by atoms with Crippen molar-refractivity contribution in [3.63, 3.8) is 0 Å². The van der Waals surface area contributed by atoms with Crippen LogP contribution in [0.5, 0.6) is 0 Å². The molecule has 96 valence electrons. The normalized spacial score (nSPS) is 14.7. The summed E-state index contributed by atoms with van der Waals surface area (Å²) in [7, 11) is 0. The highest BCUT2D eigenvalue weighted by Gasteiger charge is 2.19. The minimum atomic E-state index is -0.431. The zero-order valence-corrected chi connectivity index (χ0v) is 10.4. The molecule has 1 heterocycles. The van der Waals surface area contributed by atoms with Crippen LogP contribution in [0.25, 0.3) is 0 Å². The van der Waals surface area contributed by atoms with Crippen LogP contribution in [0.1, 0.15) is 31.0 Å². The zero-order valence-electron chi connectivity index (χ0n) is 10.4. The number of nitrogens with one attached hydrogen (secondary N) is 2. The van der Waals surface area contributed by atoms with Gasteiger partial charge < -0.3 is 15.4 Å². The lowest BCUT2D eigenvalue weighted by atomic mass is 10.0. The molecule has 18 heavy (non-hydrogen) atoms. The van der Waals surface area contributed by atoms with Crippen molar-refractivity contribution < 1.29 is 14.3 Å². The van der Waals surface area contributed by atoms with E-state index in [0.717, 1.165) is 16.8 Å². The van der Waals surface area contributed by atoms with E-state index in [-0.39, 0.29) is 11.9 Å². The summed E-state index contributed by atoms with van der Waals surface area (Å²) in [6.45, 7) is 3.99. The van der Waals surface area contributed by atoms with Gasteiger partial charge in [-0.2, -0.15) is 0 Å². The summed E-state index contributed by atoms with van der Waals surface area (Å²) in [4.78, 5) is 22.6. The van der Waals surface area contributed by atoms with Gasteiger partial charge in [-0.05, 0) is 31.0 Å². The molecule has 2 amide bonds. The molecule has 5 heteroatoms. The van der Waals surface area contributed by atoms with Crippen molar-refractivity contribution >= 4 is 17.7 Å². The van der Waals surface area contributed by atoms with Gasteiger partial charge in [0.2, 0.25) is 5.91 Å². The molecular formula is C13H16N2O3. The summed E-state index contributed by atoms with van der Waals surface area (Å²) in [6.07, 6.45) is -0.0327. The predicted octanol–water partition coefficient (Wildman–Crippen LogP) is 1.99. The molecule has 0 spiro atoms. The molecule has 2 N–H and O–H groups in total. The largest absolute Gasteiger partial charge is 0.450 e. The molecule has 1 aromatic carbocycles. The van der Waals surface area contributed by atoms with E-state index in [4.69, 9.17) is 4.74 Å². The minimum Gasteiger partial charge on any atom is -0.450 e. The Bertz CT molecular complexity index is 485. The standard InChI is InChI=1S/C13H16N2O3/c1-3-18-13(17)14-8(2)9-4-5-11-10(6-9)7-12(16)15-11/h4-6,8H,3,7H2,1-2H3,(H,14,17)(H,15,16). The van der Waals surface area contributed by atoms with Gasteiger partial charge in [0, 0.05) is 5.69 Å². The highest BCUT2D eigenvalue weighted by Crippen LogP contribution is 2.26. The molecule has 1 atom stereocenters. The second-order valence-corrected chi connectivity index (χ2v) is 4.23. The third-order valence-electron chi connectivity index (χ3n) is 2.86. The molecule has 1 aromatic rings. The van der Waals surface area contributed by atoms with E-state index in [1.54, 1.807) is 6.92 Å². The number of hydrogen-bond donors (Lipinski definition) is 2. The summed E-state index contributed by atoms with van der Waals surface area (Å²) >= 11 is 0. The first kappa shape index (κ1) is 12.4. The number of ether oxygens (including phenoxy) is 1. The van der Waals surface area contributed by atoms with Crippen LogP contribution in [0.4, 0.5) is 10.5 Å². The maximum absolute atomic E-state index is 11.3. The average Bonchev–Trinajstić information content (AvgIpc) is 2.68. The Hall–Kier alpha value is -2.04. The van der Waals surface area contributed by atoms with Gasteiger partial charge >= 0.3 is 6.09 Å². The maximum Gasteiger partial charge on any atom is 0.407 e. The van der Waals surface area contributed by atoms with Gasteiger partial charge in [-0.15, -0.1) is 0 Å². The number of alkyl carbamates (subject to hydrolysis) is 1. The third kappa shape index (κ3) is 2.61. The topological polar surface area (TPSA) is 67.4 Å². The lowest BCUT2D eigenvalue weighted by Gasteiger charge is -2.14. The molecule has 1 unspecified atom stereocenters. The first-order valence-corrected chi connectivity index (χ1v) is 5.96. The molecule has 0 saturated carbocycles. The number of rotatable bonds is 3. The van der Waals surface area contributed by atoms with Gasteiger partial charge in [0.05, 0.1) is 19.1 Å². The summed E-state index contributed by atoms with van der Waals surface area (Å²) in [5, 5.41) is 5.51. The van der Waals surface area contributed by atoms with Crippen LogP contribution >= 0.6 is 0 Å². The Morgan fingerprint density at radius 1 is 1.56 bits per heavy atom. The van der Waals surface area contributed by atoms with Crippen LogP contribution in [-0.2, 0) is 16.0 Å². The number of amides is 2. The molecule has 0 bridgehead atoms. The van der Waals surface area contributed by atoms with Crippen LogP contribution in [0.3, 0.4) is 0 Å².